The number of carbonyl (C=O) groups excluding carboxylic acids is 2. The minimum Gasteiger partial charge on any atom is -0.462 e. The van der Waals surface area contributed by atoms with Crippen LogP contribution in [-0.2, 0) is 19.4 Å². The van der Waals surface area contributed by atoms with E-state index in [9.17, 15) is 18.0 Å². The van der Waals surface area contributed by atoms with Crippen molar-refractivity contribution in [2.45, 2.75) is 25.5 Å². The lowest BCUT2D eigenvalue weighted by atomic mass is 10.2. The molecule has 6 nitrogen and oxygen atoms in total. The number of nitrogens with one attached hydrogen (secondary N) is 1. The summed E-state index contributed by atoms with van der Waals surface area (Å²) in [4.78, 5) is 23.6. The summed E-state index contributed by atoms with van der Waals surface area (Å²) in [6, 6.07) is 6.06. The minimum absolute atomic E-state index is 0.260. The molecular weight excluding hydrogens is 318 g/mol. The van der Waals surface area contributed by atoms with E-state index < -0.39 is 27.0 Å². The number of amides is 1. The number of carbonyl (C=O) groups is 2. The van der Waals surface area contributed by atoms with Gasteiger partial charge in [0.1, 0.15) is 5.25 Å². The van der Waals surface area contributed by atoms with Gasteiger partial charge in [0.2, 0.25) is 5.91 Å². The Morgan fingerprint density at radius 2 is 1.91 bits per heavy atom. The molecule has 0 spiro atoms. The molecule has 1 amide bonds. The summed E-state index contributed by atoms with van der Waals surface area (Å²) in [5, 5.41) is 1.33. The van der Waals surface area contributed by atoms with Crippen molar-refractivity contribution in [1.29, 1.82) is 0 Å². The Labute approximate surface area is 136 Å². The van der Waals surface area contributed by atoms with E-state index >= 15 is 0 Å². The normalized spacial score (nSPS) is 12.3. The van der Waals surface area contributed by atoms with E-state index in [0.29, 0.717) is 17.9 Å². The van der Waals surface area contributed by atoms with E-state index in [4.69, 9.17) is 4.74 Å². The van der Waals surface area contributed by atoms with Crippen LogP contribution in [0.1, 0.15) is 30.6 Å². The number of anilines is 1. The molecule has 1 unspecified atom stereocenters. The first kappa shape index (κ1) is 18.9. The molecule has 0 bridgehead atoms. The topological polar surface area (TPSA) is 89.5 Å². The van der Waals surface area contributed by atoms with Crippen molar-refractivity contribution in [3.8, 4) is 0 Å². The molecule has 1 N–H and O–H groups in total. The van der Waals surface area contributed by atoms with Crippen LogP contribution in [0.15, 0.2) is 36.9 Å². The highest BCUT2D eigenvalue weighted by molar-refractivity contribution is 7.92. The molecule has 1 aromatic carbocycles. The summed E-state index contributed by atoms with van der Waals surface area (Å²) in [7, 11) is -3.57. The number of hydrogen-bond acceptors (Lipinski definition) is 5. The van der Waals surface area contributed by atoms with Gasteiger partial charge in [-0.1, -0.05) is 13.0 Å². The van der Waals surface area contributed by atoms with Crippen molar-refractivity contribution in [1.82, 2.24) is 0 Å². The summed E-state index contributed by atoms with van der Waals surface area (Å²) in [5.74, 6) is -1.33. The Morgan fingerprint density at radius 1 is 1.30 bits per heavy atom. The molecule has 23 heavy (non-hydrogen) atoms. The molecule has 1 atom stereocenters. The Hall–Kier alpha value is -2.15. The van der Waals surface area contributed by atoms with Gasteiger partial charge in [-0.25, -0.2) is 13.2 Å². The molecule has 126 valence electrons. The fourth-order valence-corrected chi connectivity index (χ4v) is 2.69. The average Bonchev–Trinajstić information content (AvgIpc) is 2.52. The molecule has 0 radical (unpaired) electrons. The number of hydrogen-bond donors (Lipinski definition) is 1. The number of benzene rings is 1. The monoisotopic (exact) mass is 339 g/mol. The molecule has 1 aromatic rings. The third-order valence-electron chi connectivity index (χ3n) is 3.08. The molecule has 0 aliphatic rings. The molecule has 0 aliphatic heterocycles. The highest BCUT2D eigenvalue weighted by Gasteiger charge is 2.26. The van der Waals surface area contributed by atoms with Crippen LogP contribution in [0, 0.1) is 0 Å². The van der Waals surface area contributed by atoms with Crippen LogP contribution in [0.5, 0.6) is 0 Å². The molecule has 0 aliphatic carbocycles. The van der Waals surface area contributed by atoms with Crippen molar-refractivity contribution in [3.05, 3.63) is 42.5 Å². The zero-order valence-corrected chi connectivity index (χ0v) is 14.1. The molecule has 7 heteroatoms. The summed E-state index contributed by atoms with van der Waals surface area (Å²) in [6.07, 6.45) is 1.98. The van der Waals surface area contributed by atoms with Gasteiger partial charge in [-0.15, -0.1) is 6.58 Å². The zero-order valence-electron chi connectivity index (χ0n) is 13.2. The first-order valence-corrected chi connectivity index (χ1v) is 8.94. The largest absolute Gasteiger partial charge is 0.462 e. The fourth-order valence-electron chi connectivity index (χ4n) is 1.68. The molecule has 0 aromatic heterocycles. The third kappa shape index (κ3) is 5.52. The van der Waals surface area contributed by atoms with Gasteiger partial charge in [0, 0.05) is 5.69 Å². The minimum atomic E-state index is -3.57. The van der Waals surface area contributed by atoms with Crippen molar-refractivity contribution in [2.75, 3.05) is 17.7 Å². The summed E-state index contributed by atoms with van der Waals surface area (Å²) in [5.41, 5.74) is 0.770. The van der Waals surface area contributed by atoms with Gasteiger partial charge in [0.25, 0.3) is 0 Å². The number of rotatable bonds is 8. The molecule has 0 heterocycles. The maximum Gasteiger partial charge on any atom is 0.338 e. The van der Waals surface area contributed by atoms with Gasteiger partial charge in [-0.05, 0) is 37.6 Å². The molecule has 1 rings (SSSR count). The van der Waals surface area contributed by atoms with Crippen LogP contribution in [-0.4, -0.2) is 37.9 Å². The van der Waals surface area contributed by atoms with Crippen molar-refractivity contribution >= 4 is 27.4 Å². The Kier molecular flexibility index (Phi) is 6.96. The highest BCUT2D eigenvalue weighted by atomic mass is 32.2. The quantitative estimate of drug-likeness (QED) is 0.579. The van der Waals surface area contributed by atoms with Gasteiger partial charge in [-0.2, -0.15) is 0 Å². The standard InChI is InChI=1S/C16H21NO5S/c1-4-10-22-16(19)13-6-8-14(9-7-13)17-15(18)12(3)23(20,21)11-5-2/h5-9,12H,2,4,10-11H2,1,3H3,(H,17,18). The van der Waals surface area contributed by atoms with Crippen molar-refractivity contribution in [3.63, 3.8) is 0 Å². The Balaban J connectivity index is 2.73. The second-order valence-corrected chi connectivity index (χ2v) is 7.33. The number of sulfone groups is 1. The molecule has 0 saturated carbocycles. The third-order valence-corrected chi connectivity index (χ3v) is 5.08. The summed E-state index contributed by atoms with van der Waals surface area (Å²) in [6.45, 7) is 6.93. The van der Waals surface area contributed by atoms with Crippen LogP contribution in [0.2, 0.25) is 0 Å². The van der Waals surface area contributed by atoms with Gasteiger partial charge in [-0.3, -0.25) is 4.79 Å². The first-order valence-electron chi connectivity index (χ1n) is 7.22. The van der Waals surface area contributed by atoms with Crippen molar-refractivity contribution < 1.29 is 22.7 Å². The smallest absolute Gasteiger partial charge is 0.338 e. The average molecular weight is 339 g/mol. The van der Waals surface area contributed by atoms with Gasteiger partial charge in [0.15, 0.2) is 9.84 Å². The van der Waals surface area contributed by atoms with Crippen LogP contribution in [0.3, 0.4) is 0 Å². The maximum atomic E-state index is 12.0. The Bertz CT molecular complexity index is 664. The maximum absolute atomic E-state index is 12.0. The van der Waals surface area contributed by atoms with E-state index in [0.717, 1.165) is 6.42 Å². The summed E-state index contributed by atoms with van der Waals surface area (Å²) >= 11 is 0. The first-order chi connectivity index (χ1) is 10.8. The summed E-state index contributed by atoms with van der Waals surface area (Å²) < 4.78 is 28.6. The van der Waals surface area contributed by atoms with E-state index in [1.165, 1.54) is 37.3 Å². The van der Waals surface area contributed by atoms with E-state index in [-0.39, 0.29) is 5.75 Å². The molecule has 0 saturated heterocycles. The number of esters is 1. The second-order valence-electron chi connectivity index (χ2n) is 4.96. The lowest BCUT2D eigenvalue weighted by Gasteiger charge is -2.12. The molecule has 0 fully saturated rings. The van der Waals surface area contributed by atoms with Crippen LogP contribution in [0.4, 0.5) is 5.69 Å². The predicted octanol–water partition coefficient (Wildman–Crippen LogP) is 2.18. The molecular formula is C16H21NO5S. The van der Waals surface area contributed by atoms with E-state index in [2.05, 4.69) is 11.9 Å². The van der Waals surface area contributed by atoms with Crippen LogP contribution in [0.25, 0.3) is 0 Å². The number of ether oxygens (including phenoxy) is 1. The zero-order chi connectivity index (χ0) is 17.5. The lowest BCUT2D eigenvalue weighted by molar-refractivity contribution is -0.115. The van der Waals surface area contributed by atoms with Gasteiger partial charge >= 0.3 is 5.97 Å². The van der Waals surface area contributed by atoms with E-state index in [1.807, 2.05) is 6.92 Å². The predicted molar refractivity (Wildman–Crippen MR) is 89.1 cm³/mol. The Morgan fingerprint density at radius 3 is 2.43 bits per heavy atom. The fraction of sp³-hybridized carbons (Fsp3) is 0.375. The highest BCUT2D eigenvalue weighted by Crippen LogP contribution is 2.13. The van der Waals surface area contributed by atoms with E-state index in [1.54, 1.807) is 0 Å². The van der Waals surface area contributed by atoms with Gasteiger partial charge < -0.3 is 10.1 Å². The van der Waals surface area contributed by atoms with Crippen LogP contribution >= 0.6 is 0 Å². The van der Waals surface area contributed by atoms with Crippen LogP contribution < -0.4 is 5.32 Å². The van der Waals surface area contributed by atoms with Gasteiger partial charge in [0.05, 0.1) is 17.9 Å². The lowest BCUT2D eigenvalue weighted by Crippen LogP contribution is -2.33. The second kappa shape index (κ2) is 8.47. The SMILES string of the molecule is C=CCS(=O)(=O)C(C)C(=O)Nc1ccc(C(=O)OCCC)cc1. The van der Waals surface area contributed by atoms with Crippen molar-refractivity contribution in [2.24, 2.45) is 0 Å².